The van der Waals surface area contributed by atoms with E-state index in [9.17, 15) is 22.4 Å². The summed E-state index contributed by atoms with van der Waals surface area (Å²) in [6.07, 6.45) is -3.18. The first-order valence-electron chi connectivity index (χ1n) is 7.76. The third-order valence-corrected chi connectivity index (χ3v) is 4.13. The van der Waals surface area contributed by atoms with E-state index < -0.39 is 29.6 Å². The minimum Gasteiger partial charge on any atom is -0.491 e. The number of hydrogen-bond acceptors (Lipinski definition) is 6. The normalized spacial score (nSPS) is 11.3. The van der Waals surface area contributed by atoms with Crippen LogP contribution in [-0.2, 0) is 6.18 Å². The summed E-state index contributed by atoms with van der Waals surface area (Å²) in [5.41, 5.74) is -0.870. The molecule has 0 atom stereocenters. The lowest BCUT2D eigenvalue weighted by Crippen LogP contribution is -2.19. The number of aromatic nitrogens is 2. The molecule has 0 saturated heterocycles. The molecule has 0 bridgehead atoms. The average molecular weight is 416 g/mol. The Labute approximate surface area is 159 Å². The number of thiazole rings is 1. The van der Waals surface area contributed by atoms with Crippen LogP contribution in [0.15, 0.2) is 34.3 Å². The fraction of sp³-hybridized carbons (Fsp3) is 0.188. The number of nitrogens with one attached hydrogen (secondary N) is 2. The van der Waals surface area contributed by atoms with Crippen LogP contribution in [0.1, 0.15) is 12.6 Å². The topological polar surface area (TPSA) is 89.3 Å². The second-order valence-corrected chi connectivity index (χ2v) is 6.15. The fourth-order valence-corrected chi connectivity index (χ4v) is 2.86. The number of anilines is 2. The van der Waals surface area contributed by atoms with Crippen molar-refractivity contribution in [3.8, 4) is 16.3 Å². The van der Waals surface area contributed by atoms with E-state index in [0.717, 1.165) is 6.07 Å². The molecule has 0 saturated carbocycles. The monoisotopic (exact) mass is 416 g/mol. The SMILES string of the molecule is CCOc1cc(-c2nccs2)c(NC(=O)Nc2cc(C(F)(F)F)no2)cc1F. The smallest absolute Gasteiger partial charge is 0.436 e. The number of amides is 2. The summed E-state index contributed by atoms with van der Waals surface area (Å²) in [4.78, 5) is 16.2. The summed E-state index contributed by atoms with van der Waals surface area (Å²) in [6, 6.07) is 1.98. The van der Waals surface area contributed by atoms with E-state index in [1.54, 1.807) is 12.3 Å². The average Bonchev–Trinajstić information content (AvgIpc) is 3.28. The summed E-state index contributed by atoms with van der Waals surface area (Å²) in [6.45, 7) is 1.92. The minimum absolute atomic E-state index is 0.0243. The van der Waals surface area contributed by atoms with Crippen LogP contribution in [0.3, 0.4) is 0 Å². The van der Waals surface area contributed by atoms with Crippen molar-refractivity contribution in [2.75, 3.05) is 17.2 Å². The number of carbonyl (C=O) groups is 1. The van der Waals surface area contributed by atoms with E-state index >= 15 is 0 Å². The summed E-state index contributed by atoms with van der Waals surface area (Å²) < 4.78 is 61.4. The predicted octanol–water partition coefficient (Wildman–Crippen LogP) is 5.00. The molecule has 2 N–H and O–H groups in total. The molecule has 3 aromatic rings. The maximum Gasteiger partial charge on any atom is 0.436 e. The Balaban J connectivity index is 1.83. The molecule has 1 aromatic carbocycles. The van der Waals surface area contributed by atoms with Gasteiger partial charge in [0.2, 0.25) is 5.88 Å². The Kier molecular flexibility index (Phi) is 5.49. The van der Waals surface area contributed by atoms with Gasteiger partial charge in [0.25, 0.3) is 0 Å². The number of rotatable bonds is 5. The number of nitrogens with zero attached hydrogens (tertiary/aromatic N) is 2. The zero-order chi connectivity index (χ0) is 20.3. The molecule has 28 heavy (non-hydrogen) atoms. The number of carbonyl (C=O) groups excluding carboxylic acids is 1. The molecule has 0 radical (unpaired) electrons. The zero-order valence-corrected chi connectivity index (χ0v) is 14.9. The van der Waals surface area contributed by atoms with Gasteiger partial charge < -0.3 is 14.6 Å². The minimum atomic E-state index is -4.71. The molecule has 0 unspecified atom stereocenters. The molecule has 3 rings (SSSR count). The van der Waals surface area contributed by atoms with Crippen molar-refractivity contribution in [1.29, 1.82) is 0 Å². The van der Waals surface area contributed by atoms with E-state index in [1.807, 2.05) is 0 Å². The van der Waals surface area contributed by atoms with Gasteiger partial charge in [-0.15, -0.1) is 11.3 Å². The highest BCUT2D eigenvalue weighted by atomic mass is 32.1. The van der Waals surface area contributed by atoms with Gasteiger partial charge in [-0.3, -0.25) is 5.32 Å². The molecule has 12 heteroatoms. The molecular formula is C16H12F4N4O3S. The molecule has 0 aliphatic heterocycles. The lowest BCUT2D eigenvalue weighted by atomic mass is 10.1. The maximum absolute atomic E-state index is 14.2. The maximum atomic E-state index is 14.2. The van der Waals surface area contributed by atoms with Crippen molar-refractivity contribution in [3.63, 3.8) is 0 Å². The highest BCUT2D eigenvalue weighted by Gasteiger charge is 2.35. The van der Waals surface area contributed by atoms with E-state index in [1.165, 1.54) is 23.6 Å². The number of ether oxygens (including phenoxy) is 1. The van der Waals surface area contributed by atoms with Crippen molar-refractivity contribution in [2.45, 2.75) is 13.1 Å². The van der Waals surface area contributed by atoms with Gasteiger partial charge in [-0.2, -0.15) is 13.2 Å². The van der Waals surface area contributed by atoms with Gasteiger partial charge in [-0.1, -0.05) is 5.16 Å². The van der Waals surface area contributed by atoms with Gasteiger partial charge in [0.1, 0.15) is 5.01 Å². The van der Waals surface area contributed by atoms with Crippen molar-refractivity contribution >= 4 is 28.9 Å². The lowest BCUT2D eigenvalue weighted by molar-refractivity contribution is -0.142. The highest BCUT2D eigenvalue weighted by Crippen LogP contribution is 2.35. The van der Waals surface area contributed by atoms with Crippen LogP contribution in [0.4, 0.5) is 33.9 Å². The van der Waals surface area contributed by atoms with Crippen molar-refractivity contribution in [2.24, 2.45) is 0 Å². The summed E-state index contributed by atoms with van der Waals surface area (Å²) >= 11 is 1.25. The standard InChI is InChI=1S/C16H12F4N4O3S/c1-2-26-11-5-8(14-21-3-4-28-14)10(6-9(11)17)22-15(25)23-13-7-12(24-27-13)16(18,19)20/h3-7H,2H2,1H3,(H2,22,23,25). The van der Waals surface area contributed by atoms with Gasteiger partial charge in [0, 0.05) is 29.3 Å². The first kappa shape index (κ1) is 19.6. The molecule has 2 amide bonds. The van der Waals surface area contributed by atoms with Crippen LogP contribution < -0.4 is 15.4 Å². The largest absolute Gasteiger partial charge is 0.491 e. The molecule has 2 aromatic heterocycles. The number of halogens is 4. The first-order valence-corrected chi connectivity index (χ1v) is 8.64. The number of hydrogen-bond donors (Lipinski definition) is 2. The van der Waals surface area contributed by atoms with Crippen LogP contribution in [0.2, 0.25) is 0 Å². The number of alkyl halides is 3. The Morgan fingerprint density at radius 3 is 2.68 bits per heavy atom. The van der Waals surface area contributed by atoms with Crippen LogP contribution >= 0.6 is 11.3 Å². The molecule has 2 heterocycles. The summed E-state index contributed by atoms with van der Waals surface area (Å²) in [5.74, 6) is -1.27. The van der Waals surface area contributed by atoms with Crippen LogP contribution in [0, 0.1) is 5.82 Å². The number of urea groups is 1. The van der Waals surface area contributed by atoms with Gasteiger partial charge in [-0.05, 0) is 13.0 Å². The molecule has 7 nitrogen and oxygen atoms in total. The second-order valence-electron chi connectivity index (χ2n) is 5.25. The quantitative estimate of drug-likeness (QED) is 0.572. The Morgan fingerprint density at radius 2 is 2.07 bits per heavy atom. The van der Waals surface area contributed by atoms with Gasteiger partial charge in [0.15, 0.2) is 17.3 Å². The summed E-state index contributed by atoms with van der Waals surface area (Å²) in [7, 11) is 0. The van der Waals surface area contributed by atoms with E-state index in [-0.39, 0.29) is 18.0 Å². The Bertz CT molecular complexity index is 973. The Morgan fingerprint density at radius 1 is 1.29 bits per heavy atom. The van der Waals surface area contributed by atoms with E-state index in [2.05, 4.69) is 25.3 Å². The van der Waals surface area contributed by atoms with Crippen molar-refractivity contribution in [3.05, 3.63) is 41.3 Å². The van der Waals surface area contributed by atoms with Crippen molar-refractivity contribution < 1.29 is 31.6 Å². The summed E-state index contributed by atoms with van der Waals surface area (Å²) in [5, 5.41) is 9.42. The predicted molar refractivity (Wildman–Crippen MR) is 92.8 cm³/mol. The van der Waals surface area contributed by atoms with Crippen LogP contribution in [-0.4, -0.2) is 22.8 Å². The molecular weight excluding hydrogens is 404 g/mol. The molecule has 0 aliphatic rings. The number of benzene rings is 1. The van der Waals surface area contributed by atoms with Crippen LogP contribution in [0.25, 0.3) is 10.6 Å². The molecule has 0 aliphatic carbocycles. The highest BCUT2D eigenvalue weighted by molar-refractivity contribution is 7.13. The third kappa shape index (κ3) is 4.39. The van der Waals surface area contributed by atoms with Crippen LogP contribution in [0.5, 0.6) is 5.75 Å². The second kappa shape index (κ2) is 7.84. The van der Waals surface area contributed by atoms with Crippen molar-refractivity contribution in [1.82, 2.24) is 10.1 Å². The van der Waals surface area contributed by atoms with Gasteiger partial charge in [0.05, 0.1) is 12.3 Å². The van der Waals surface area contributed by atoms with Gasteiger partial charge >= 0.3 is 12.2 Å². The first-order chi connectivity index (χ1) is 13.3. The fourth-order valence-electron chi connectivity index (χ4n) is 2.19. The zero-order valence-electron chi connectivity index (χ0n) is 14.1. The Hall–Kier alpha value is -3.15. The third-order valence-electron chi connectivity index (χ3n) is 3.32. The van der Waals surface area contributed by atoms with Gasteiger partial charge in [-0.25, -0.2) is 14.2 Å². The lowest BCUT2D eigenvalue weighted by Gasteiger charge is -2.13. The molecule has 148 valence electrons. The van der Waals surface area contributed by atoms with E-state index in [4.69, 9.17) is 4.74 Å². The molecule has 0 fully saturated rings. The molecule has 0 spiro atoms. The van der Waals surface area contributed by atoms with E-state index in [0.29, 0.717) is 16.6 Å².